The molecule has 0 bridgehead atoms. The van der Waals surface area contributed by atoms with E-state index in [0.29, 0.717) is 0 Å². The van der Waals surface area contributed by atoms with Crippen molar-refractivity contribution in [2.45, 2.75) is 50.0 Å². The molecule has 0 radical (unpaired) electrons. The zero-order valence-electron chi connectivity index (χ0n) is 11.7. The summed E-state index contributed by atoms with van der Waals surface area (Å²) >= 11 is 2.01. The molecule has 1 aromatic rings. The van der Waals surface area contributed by atoms with Gasteiger partial charge in [0.2, 0.25) is 0 Å². The van der Waals surface area contributed by atoms with E-state index in [1.807, 2.05) is 11.8 Å². The van der Waals surface area contributed by atoms with Crippen LogP contribution in [0.15, 0.2) is 29.2 Å². The molecule has 1 heterocycles. The van der Waals surface area contributed by atoms with Crippen LogP contribution in [-0.2, 0) is 6.42 Å². The average Bonchev–Trinajstić information content (AvgIpc) is 2.42. The zero-order chi connectivity index (χ0) is 12.8. The Morgan fingerprint density at radius 3 is 2.67 bits per heavy atom. The fourth-order valence-electron chi connectivity index (χ4n) is 2.64. The van der Waals surface area contributed by atoms with Crippen LogP contribution in [0.3, 0.4) is 0 Å². The molecule has 1 atom stereocenters. The molecular weight excluding hydrogens is 238 g/mol. The molecule has 1 fully saturated rings. The quantitative estimate of drug-likeness (QED) is 0.732. The molecule has 0 amide bonds. The first-order chi connectivity index (χ1) is 8.79. The molecule has 0 aliphatic carbocycles. The van der Waals surface area contributed by atoms with E-state index in [1.165, 1.54) is 48.4 Å². The molecule has 18 heavy (non-hydrogen) atoms. The third kappa shape index (κ3) is 4.03. The summed E-state index contributed by atoms with van der Waals surface area (Å²) in [7, 11) is 2.28. The fourth-order valence-corrected chi connectivity index (χ4v) is 3.60. The van der Waals surface area contributed by atoms with Gasteiger partial charge in [-0.1, -0.05) is 25.5 Å². The molecule has 100 valence electrons. The molecule has 0 spiro atoms. The first-order valence-electron chi connectivity index (χ1n) is 7.21. The standard InChI is InChI=1S/C16H25NS/c1-3-14-7-9-16(10-8-14)18-13-11-15-6-4-5-12-17(15)2/h7-10,15H,3-6,11-13H2,1-2H3. The topological polar surface area (TPSA) is 3.24 Å². The van der Waals surface area contributed by atoms with E-state index in [1.54, 1.807) is 0 Å². The number of piperidine rings is 1. The van der Waals surface area contributed by atoms with Gasteiger partial charge in [-0.05, 0) is 62.7 Å². The number of thioether (sulfide) groups is 1. The van der Waals surface area contributed by atoms with Gasteiger partial charge in [0, 0.05) is 10.9 Å². The Bertz CT molecular complexity index is 347. The van der Waals surface area contributed by atoms with Gasteiger partial charge in [0.25, 0.3) is 0 Å². The largest absolute Gasteiger partial charge is 0.303 e. The zero-order valence-corrected chi connectivity index (χ0v) is 12.5. The number of hydrogen-bond donors (Lipinski definition) is 0. The molecule has 0 saturated carbocycles. The smallest absolute Gasteiger partial charge is 0.0100 e. The Labute approximate surface area is 116 Å². The first-order valence-corrected chi connectivity index (χ1v) is 8.20. The maximum Gasteiger partial charge on any atom is 0.0100 e. The number of benzene rings is 1. The minimum Gasteiger partial charge on any atom is -0.303 e. The van der Waals surface area contributed by atoms with Gasteiger partial charge in [-0.3, -0.25) is 0 Å². The van der Waals surface area contributed by atoms with Crippen LogP contribution in [0.5, 0.6) is 0 Å². The molecule has 1 aliphatic rings. The van der Waals surface area contributed by atoms with E-state index in [0.717, 1.165) is 12.5 Å². The maximum atomic E-state index is 2.55. The third-order valence-corrected chi connectivity index (χ3v) is 5.02. The molecule has 1 unspecified atom stereocenters. The lowest BCUT2D eigenvalue weighted by atomic mass is 10.0. The second-order valence-corrected chi connectivity index (χ2v) is 6.43. The van der Waals surface area contributed by atoms with Crippen LogP contribution in [0.1, 0.15) is 38.2 Å². The summed E-state index contributed by atoms with van der Waals surface area (Å²) in [6.45, 7) is 3.50. The van der Waals surface area contributed by atoms with Crippen molar-refractivity contribution in [3.63, 3.8) is 0 Å². The minimum atomic E-state index is 0.821. The number of likely N-dealkylation sites (tertiary alicyclic amines) is 1. The monoisotopic (exact) mass is 263 g/mol. The van der Waals surface area contributed by atoms with Crippen LogP contribution in [0.25, 0.3) is 0 Å². The number of nitrogens with zero attached hydrogens (tertiary/aromatic N) is 1. The highest BCUT2D eigenvalue weighted by molar-refractivity contribution is 7.99. The maximum absolute atomic E-state index is 2.55. The predicted octanol–water partition coefficient (Wildman–Crippen LogP) is 4.22. The lowest BCUT2D eigenvalue weighted by Gasteiger charge is -2.32. The number of rotatable bonds is 5. The van der Waals surface area contributed by atoms with Crippen LogP contribution >= 0.6 is 11.8 Å². The van der Waals surface area contributed by atoms with Crippen molar-refractivity contribution in [2.24, 2.45) is 0 Å². The van der Waals surface area contributed by atoms with Gasteiger partial charge in [-0.2, -0.15) is 0 Å². The van der Waals surface area contributed by atoms with Crippen molar-refractivity contribution in [1.29, 1.82) is 0 Å². The highest BCUT2D eigenvalue weighted by atomic mass is 32.2. The van der Waals surface area contributed by atoms with Crippen LogP contribution in [0, 0.1) is 0 Å². The van der Waals surface area contributed by atoms with Crippen molar-refractivity contribution in [1.82, 2.24) is 4.90 Å². The summed E-state index contributed by atoms with van der Waals surface area (Å²) < 4.78 is 0. The Morgan fingerprint density at radius 2 is 2.00 bits per heavy atom. The SMILES string of the molecule is CCc1ccc(SCCC2CCCCN2C)cc1. The molecule has 1 aromatic carbocycles. The minimum absolute atomic E-state index is 0.821. The van der Waals surface area contributed by atoms with Crippen LogP contribution < -0.4 is 0 Å². The lowest BCUT2D eigenvalue weighted by Crippen LogP contribution is -2.36. The Hall–Kier alpha value is -0.470. The van der Waals surface area contributed by atoms with Crippen LogP contribution in [0.4, 0.5) is 0 Å². The summed E-state index contributed by atoms with van der Waals surface area (Å²) in [5.74, 6) is 1.25. The summed E-state index contributed by atoms with van der Waals surface area (Å²) in [6, 6.07) is 9.88. The molecule has 1 aliphatic heterocycles. The van der Waals surface area contributed by atoms with Gasteiger partial charge >= 0.3 is 0 Å². The Morgan fingerprint density at radius 1 is 1.22 bits per heavy atom. The molecular formula is C16H25NS. The van der Waals surface area contributed by atoms with E-state index in [-0.39, 0.29) is 0 Å². The van der Waals surface area contributed by atoms with Crippen LogP contribution in [-0.4, -0.2) is 30.3 Å². The summed E-state index contributed by atoms with van der Waals surface area (Å²) in [5.41, 5.74) is 1.44. The van der Waals surface area contributed by atoms with E-state index in [2.05, 4.69) is 43.1 Å². The molecule has 1 nitrogen and oxygen atoms in total. The van der Waals surface area contributed by atoms with E-state index < -0.39 is 0 Å². The van der Waals surface area contributed by atoms with Crippen molar-refractivity contribution >= 4 is 11.8 Å². The normalized spacial score (nSPS) is 21.1. The van der Waals surface area contributed by atoms with Gasteiger partial charge in [0.1, 0.15) is 0 Å². The van der Waals surface area contributed by atoms with E-state index >= 15 is 0 Å². The first kappa shape index (κ1) is 14.0. The van der Waals surface area contributed by atoms with Gasteiger partial charge in [-0.15, -0.1) is 11.8 Å². The van der Waals surface area contributed by atoms with Crippen molar-refractivity contribution < 1.29 is 0 Å². The van der Waals surface area contributed by atoms with Gasteiger partial charge in [0.15, 0.2) is 0 Å². The third-order valence-electron chi connectivity index (χ3n) is 3.97. The fraction of sp³-hybridized carbons (Fsp3) is 0.625. The van der Waals surface area contributed by atoms with Gasteiger partial charge in [-0.25, -0.2) is 0 Å². The number of aryl methyl sites for hydroxylation is 1. The molecule has 2 rings (SSSR count). The lowest BCUT2D eigenvalue weighted by molar-refractivity contribution is 0.182. The van der Waals surface area contributed by atoms with Crippen molar-refractivity contribution in [3.05, 3.63) is 29.8 Å². The summed E-state index contributed by atoms with van der Waals surface area (Å²) in [5, 5.41) is 0. The molecule has 0 N–H and O–H groups in total. The molecule has 0 aromatic heterocycles. The Kier molecular flexibility index (Phi) is 5.58. The summed E-state index contributed by atoms with van der Waals surface area (Å²) in [6.07, 6.45) is 6.67. The average molecular weight is 263 g/mol. The van der Waals surface area contributed by atoms with E-state index in [9.17, 15) is 0 Å². The highest BCUT2D eigenvalue weighted by Crippen LogP contribution is 2.24. The number of hydrogen-bond acceptors (Lipinski definition) is 2. The van der Waals surface area contributed by atoms with Crippen LogP contribution in [0.2, 0.25) is 0 Å². The Balaban J connectivity index is 1.73. The second kappa shape index (κ2) is 7.20. The second-order valence-electron chi connectivity index (χ2n) is 5.26. The van der Waals surface area contributed by atoms with Crippen molar-refractivity contribution in [2.75, 3.05) is 19.3 Å². The highest BCUT2D eigenvalue weighted by Gasteiger charge is 2.17. The molecule has 2 heteroatoms. The van der Waals surface area contributed by atoms with E-state index in [4.69, 9.17) is 0 Å². The van der Waals surface area contributed by atoms with Gasteiger partial charge in [0.05, 0.1) is 0 Å². The predicted molar refractivity (Wildman–Crippen MR) is 81.4 cm³/mol. The summed E-state index contributed by atoms with van der Waals surface area (Å²) in [4.78, 5) is 3.97. The van der Waals surface area contributed by atoms with Crippen molar-refractivity contribution in [3.8, 4) is 0 Å². The molecule has 1 saturated heterocycles. The van der Waals surface area contributed by atoms with Gasteiger partial charge < -0.3 is 4.90 Å².